The number of imidazole rings is 1. The molecule has 0 aliphatic rings. The van der Waals surface area contributed by atoms with Gasteiger partial charge in [-0.3, -0.25) is 9.48 Å². The maximum Gasteiger partial charge on any atom is 0.221 e. The van der Waals surface area contributed by atoms with E-state index in [1.807, 2.05) is 48.1 Å². The number of hydrogen-bond donors (Lipinski definition) is 1. The Balaban J connectivity index is 1.43. The van der Waals surface area contributed by atoms with E-state index >= 15 is 0 Å². The Morgan fingerprint density at radius 1 is 1.32 bits per heavy atom. The summed E-state index contributed by atoms with van der Waals surface area (Å²) in [6, 6.07) is 5.90. The van der Waals surface area contributed by atoms with Crippen LogP contribution in [0.1, 0.15) is 17.7 Å². The molecule has 0 fully saturated rings. The molecule has 0 bridgehead atoms. The zero-order valence-corrected chi connectivity index (χ0v) is 12.6. The van der Waals surface area contributed by atoms with Gasteiger partial charge < -0.3 is 9.72 Å². The topological polar surface area (TPSA) is 64.2 Å². The Morgan fingerprint density at radius 2 is 2.23 bits per heavy atom. The second kappa shape index (κ2) is 6.43. The molecule has 6 heteroatoms. The normalized spacial score (nSPS) is 11.0. The van der Waals surface area contributed by atoms with Gasteiger partial charge in [0.25, 0.3) is 0 Å². The van der Waals surface area contributed by atoms with E-state index < -0.39 is 0 Å². The molecular formula is C16H19N5O. The number of carbonyl (C=O) groups excluding carboxylic acids is 1. The summed E-state index contributed by atoms with van der Waals surface area (Å²) >= 11 is 0. The van der Waals surface area contributed by atoms with Crippen LogP contribution in [0.2, 0.25) is 0 Å². The van der Waals surface area contributed by atoms with Gasteiger partial charge in [0.1, 0.15) is 5.65 Å². The molecule has 0 aromatic carbocycles. The predicted octanol–water partition coefficient (Wildman–Crippen LogP) is 1.59. The van der Waals surface area contributed by atoms with Crippen LogP contribution in [0.3, 0.4) is 0 Å². The van der Waals surface area contributed by atoms with Crippen molar-refractivity contribution in [1.29, 1.82) is 0 Å². The Kier molecular flexibility index (Phi) is 4.18. The fourth-order valence-electron chi connectivity index (χ4n) is 2.33. The predicted molar refractivity (Wildman–Crippen MR) is 83.5 cm³/mol. The van der Waals surface area contributed by atoms with Crippen molar-refractivity contribution in [3.05, 3.63) is 54.2 Å². The first-order chi connectivity index (χ1) is 10.7. The number of aryl methyl sites for hydroxylation is 2. The zero-order chi connectivity index (χ0) is 15.4. The van der Waals surface area contributed by atoms with Crippen LogP contribution in [-0.2, 0) is 17.8 Å². The van der Waals surface area contributed by atoms with Gasteiger partial charge >= 0.3 is 0 Å². The molecular weight excluding hydrogens is 278 g/mol. The summed E-state index contributed by atoms with van der Waals surface area (Å²) in [6.45, 7) is 3.19. The molecule has 22 heavy (non-hydrogen) atoms. The lowest BCUT2D eigenvalue weighted by atomic mass is 10.3. The van der Waals surface area contributed by atoms with Gasteiger partial charge in [0.15, 0.2) is 0 Å². The first-order valence-corrected chi connectivity index (χ1v) is 7.39. The summed E-state index contributed by atoms with van der Waals surface area (Å²) in [5, 5.41) is 7.09. The molecule has 0 aliphatic carbocycles. The third kappa shape index (κ3) is 3.52. The molecule has 3 rings (SSSR count). The Labute approximate surface area is 128 Å². The molecule has 0 aliphatic heterocycles. The third-order valence-corrected chi connectivity index (χ3v) is 3.45. The number of nitrogens with one attached hydrogen (secondary N) is 1. The van der Waals surface area contributed by atoms with Crippen molar-refractivity contribution in [3.8, 4) is 0 Å². The standard InChI is InChI=1S/C16H19N5O/c1-13-10-18-21(11-13)9-6-16(22)17-7-5-14-12-20-8-3-2-4-15(20)19-14/h2-4,8,10-12H,5-7,9H2,1H3,(H,17,22). The van der Waals surface area contributed by atoms with Crippen LogP contribution in [0.5, 0.6) is 0 Å². The molecule has 0 unspecified atom stereocenters. The van der Waals surface area contributed by atoms with Gasteiger partial charge in [0.2, 0.25) is 5.91 Å². The van der Waals surface area contributed by atoms with Crippen LogP contribution < -0.4 is 5.32 Å². The minimum absolute atomic E-state index is 0.0388. The number of amides is 1. The largest absolute Gasteiger partial charge is 0.356 e. The maximum atomic E-state index is 11.8. The molecule has 3 aromatic rings. The van der Waals surface area contributed by atoms with Gasteiger partial charge in [0.05, 0.1) is 11.9 Å². The van der Waals surface area contributed by atoms with Gasteiger partial charge in [-0.25, -0.2) is 4.98 Å². The number of carbonyl (C=O) groups is 1. The van der Waals surface area contributed by atoms with Crippen molar-refractivity contribution < 1.29 is 4.79 Å². The molecule has 3 aromatic heterocycles. The average molecular weight is 297 g/mol. The van der Waals surface area contributed by atoms with Crippen molar-refractivity contribution in [3.63, 3.8) is 0 Å². The van der Waals surface area contributed by atoms with Crippen molar-refractivity contribution >= 4 is 11.6 Å². The zero-order valence-electron chi connectivity index (χ0n) is 12.6. The van der Waals surface area contributed by atoms with E-state index in [4.69, 9.17) is 0 Å². The smallest absolute Gasteiger partial charge is 0.221 e. The lowest BCUT2D eigenvalue weighted by molar-refractivity contribution is -0.121. The van der Waals surface area contributed by atoms with E-state index in [1.165, 1.54) is 0 Å². The summed E-state index contributed by atoms with van der Waals surface area (Å²) in [5.41, 5.74) is 3.01. The van der Waals surface area contributed by atoms with Crippen LogP contribution in [0.25, 0.3) is 5.65 Å². The number of aromatic nitrogens is 4. The fourth-order valence-corrected chi connectivity index (χ4v) is 2.33. The van der Waals surface area contributed by atoms with Crippen molar-refractivity contribution in [2.75, 3.05) is 6.54 Å². The van der Waals surface area contributed by atoms with Gasteiger partial charge in [-0.2, -0.15) is 5.10 Å². The fraction of sp³-hybridized carbons (Fsp3) is 0.312. The molecule has 1 amide bonds. The lowest BCUT2D eigenvalue weighted by Gasteiger charge is -2.04. The highest BCUT2D eigenvalue weighted by Crippen LogP contribution is 2.04. The second-order valence-corrected chi connectivity index (χ2v) is 5.33. The number of fused-ring (bicyclic) bond motifs is 1. The van der Waals surface area contributed by atoms with Crippen molar-refractivity contribution in [1.82, 2.24) is 24.5 Å². The summed E-state index contributed by atoms with van der Waals surface area (Å²) in [7, 11) is 0. The monoisotopic (exact) mass is 297 g/mol. The molecule has 1 N–H and O–H groups in total. The molecule has 0 spiro atoms. The highest BCUT2D eigenvalue weighted by atomic mass is 16.1. The minimum atomic E-state index is 0.0388. The van der Waals surface area contributed by atoms with Crippen molar-refractivity contribution in [2.45, 2.75) is 26.3 Å². The molecule has 0 radical (unpaired) electrons. The molecule has 6 nitrogen and oxygen atoms in total. The molecule has 0 atom stereocenters. The summed E-state index contributed by atoms with van der Waals surface area (Å²) in [4.78, 5) is 16.3. The first kappa shape index (κ1) is 14.3. The lowest BCUT2D eigenvalue weighted by Crippen LogP contribution is -2.26. The highest BCUT2D eigenvalue weighted by Gasteiger charge is 2.04. The van der Waals surface area contributed by atoms with E-state index in [0.717, 1.165) is 23.3 Å². The van der Waals surface area contributed by atoms with Crippen molar-refractivity contribution in [2.24, 2.45) is 0 Å². The first-order valence-electron chi connectivity index (χ1n) is 7.39. The summed E-state index contributed by atoms with van der Waals surface area (Å²) in [5.74, 6) is 0.0388. The quantitative estimate of drug-likeness (QED) is 0.751. The number of hydrogen-bond acceptors (Lipinski definition) is 3. The minimum Gasteiger partial charge on any atom is -0.356 e. The van der Waals surface area contributed by atoms with Gasteiger partial charge in [-0.05, 0) is 24.6 Å². The van der Waals surface area contributed by atoms with Crippen LogP contribution in [0.15, 0.2) is 43.0 Å². The summed E-state index contributed by atoms with van der Waals surface area (Å²) in [6.07, 6.45) is 8.86. The molecule has 114 valence electrons. The Bertz CT molecular complexity index is 741. The number of pyridine rings is 1. The van der Waals surface area contributed by atoms with Crippen LogP contribution in [0, 0.1) is 6.92 Å². The molecule has 3 heterocycles. The van der Waals surface area contributed by atoms with Gasteiger partial charge in [-0.15, -0.1) is 0 Å². The SMILES string of the molecule is Cc1cnn(CCC(=O)NCCc2cn3ccccc3n2)c1. The van der Waals surface area contributed by atoms with Crippen LogP contribution in [0.4, 0.5) is 0 Å². The van der Waals surface area contributed by atoms with E-state index in [2.05, 4.69) is 15.4 Å². The van der Waals surface area contributed by atoms with E-state index in [1.54, 1.807) is 10.9 Å². The van der Waals surface area contributed by atoms with Gasteiger partial charge in [0, 0.05) is 44.5 Å². The number of nitrogens with zero attached hydrogens (tertiary/aromatic N) is 4. The van der Waals surface area contributed by atoms with E-state index in [9.17, 15) is 4.79 Å². The Morgan fingerprint density at radius 3 is 3.00 bits per heavy atom. The average Bonchev–Trinajstić information content (AvgIpc) is 3.10. The van der Waals surface area contributed by atoms with Crippen LogP contribution in [-0.4, -0.2) is 31.6 Å². The molecule has 0 saturated heterocycles. The van der Waals surface area contributed by atoms with E-state index in [0.29, 0.717) is 19.5 Å². The third-order valence-electron chi connectivity index (χ3n) is 3.45. The Hall–Kier alpha value is -2.63. The highest BCUT2D eigenvalue weighted by molar-refractivity contribution is 5.75. The van der Waals surface area contributed by atoms with Gasteiger partial charge in [-0.1, -0.05) is 6.07 Å². The van der Waals surface area contributed by atoms with E-state index in [-0.39, 0.29) is 5.91 Å². The maximum absolute atomic E-state index is 11.8. The van der Waals surface area contributed by atoms with Crippen LogP contribution >= 0.6 is 0 Å². The second-order valence-electron chi connectivity index (χ2n) is 5.33. The summed E-state index contributed by atoms with van der Waals surface area (Å²) < 4.78 is 3.77. The molecule has 0 saturated carbocycles. The number of rotatable bonds is 6.